The Kier molecular flexibility index (Phi) is 4.24. The van der Waals surface area contributed by atoms with Gasteiger partial charge >= 0.3 is 6.03 Å². The van der Waals surface area contributed by atoms with Gasteiger partial charge in [-0.1, -0.05) is 41.4 Å². The van der Waals surface area contributed by atoms with Crippen molar-refractivity contribution in [1.29, 1.82) is 0 Å². The Morgan fingerprint density at radius 1 is 1.17 bits per heavy atom. The molecule has 1 saturated heterocycles. The topological polar surface area (TPSA) is 49.4 Å². The first-order valence-electron chi connectivity index (χ1n) is 7.15. The van der Waals surface area contributed by atoms with Crippen molar-refractivity contribution in [3.05, 3.63) is 69.5 Å². The molecule has 0 saturated carbocycles. The number of carbonyl (C=O) groups is 2. The van der Waals surface area contributed by atoms with Gasteiger partial charge in [0.25, 0.3) is 5.91 Å². The summed E-state index contributed by atoms with van der Waals surface area (Å²) in [4.78, 5) is 26.2. The molecule has 1 aliphatic heterocycles. The highest BCUT2D eigenvalue weighted by Gasteiger charge is 2.49. The predicted molar refractivity (Wildman–Crippen MR) is 89.3 cm³/mol. The molecule has 1 fully saturated rings. The second-order valence-corrected chi connectivity index (χ2v) is 6.54. The van der Waals surface area contributed by atoms with Gasteiger partial charge in [0.1, 0.15) is 11.4 Å². The molecule has 3 rings (SSSR count). The average molecular weight is 367 g/mol. The number of hydrogen-bond donors (Lipinski definition) is 1. The fraction of sp³-hybridized carbons (Fsp3) is 0.176. The molecule has 2 aromatic rings. The molecule has 24 heavy (non-hydrogen) atoms. The van der Waals surface area contributed by atoms with Crippen LogP contribution in [-0.4, -0.2) is 16.8 Å². The van der Waals surface area contributed by atoms with E-state index in [9.17, 15) is 14.0 Å². The standard InChI is InChI=1S/C17H13Cl2FN2O2/c1-17(11-3-2-4-12(18)7-11)15(23)22(16(24)21-17)9-10-5-6-13(20)8-14(10)19/h2-8H,9H2,1H3,(H,21,24). The van der Waals surface area contributed by atoms with Crippen molar-refractivity contribution in [2.45, 2.75) is 19.0 Å². The summed E-state index contributed by atoms with van der Waals surface area (Å²) in [7, 11) is 0. The van der Waals surface area contributed by atoms with Crippen LogP contribution >= 0.6 is 23.2 Å². The first-order valence-corrected chi connectivity index (χ1v) is 7.91. The van der Waals surface area contributed by atoms with E-state index in [1.807, 2.05) is 0 Å². The van der Waals surface area contributed by atoms with Gasteiger partial charge in [-0.2, -0.15) is 0 Å². The summed E-state index contributed by atoms with van der Waals surface area (Å²) in [5, 5.41) is 3.31. The van der Waals surface area contributed by atoms with Crippen LogP contribution in [-0.2, 0) is 16.9 Å². The molecule has 3 amide bonds. The van der Waals surface area contributed by atoms with Crippen LogP contribution in [0.4, 0.5) is 9.18 Å². The zero-order valence-electron chi connectivity index (χ0n) is 12.6. The molecule has 1 heterocycles. The largest absolute Gasteiger partial charge is 0.325 e. The van der Waals surface area contributed by atoms with E-state index in [2.05, 4.69) is 5.32 Å². The Balaban J connectivity index is 1.91. The lowest BCUT2D eigenvalue weighted by Crippen LogP contribution is -2.40. The molecule has 0 aromatic heterocycles. The predicted octanol–water partition coefficient (Wildman–Crippen LogP) is 4.10. The molecule has 1 unspecified atom stereocenters. The number of carbonyl (C=O) groups excluding carboxylic acids is 2. The molecular weight excluding hydrogens is 354 g/mol. The molecule has 124 valence electrons. The minimum Gasteiger partial charge on any atom is -0.319 e. The van der Waals surface area contributed by atoms with Gasteiger partial charge in [-0.25, -0.2) is 9.18 Å². The average Bonchev–Trinajstić information content (AvgIpc) is 2.74. The summed E-state index contributed by atoms with van der Waals surface area (Å²) in [5.74, 6) is -0.903. The second-order valence-electron chi connectivity index (χ2n) is 5.69. The third-order valence-electron chi connectivity index (χ3n) is 4.02. The van der Waals surface area contributed by atoms with Crippen LogP contribution < -0.4 is 5.32 Å². The molecule has 1 N–H and O–H groups in total. The Hall–Kier alpha value is -2.11. The Bertz CT molecular complexity index is 843. The molecule has 0 spiro atoms. The van der Waals surface area contributed by atoms with Crippen molar-refractivity contribution in [3.8, 4) is 0 Å². The van der Waals surface area contributed by atoms with Crippen molar-refractivity contribution in [2.24, 2.45) is 0 Å². The summed E-state index contributed by atoms with van der Waals surface area (Å²) < 4.78 is 13.1. The quantitative estimate of drug-likeness (QED) is 0.831. The molecule has 2 aromatic carbocycles. The normalized spacial score (nSPS) is 20.4. The highest BCUT2D eigenvalue weighted by atomic mass is 35.5. The molecule has 1 atom stereocenters. The van der Waals surface area contributed by atoms with Crippen molar-refractivity contribution in [1.82, 2.24) is 10.2 Å². The van der Waals surface area contributed by atoms with Crippen molar-refractivity contribution >= 4 is 35.1 Å². The third-order valence-corrected chi connectivity index (χ3v) is 4.61. The van der Waals surface area contributed by atoms with E-state index in [4.69, 9.17) is 23.2 Å². The number of imide groups is 1. The first kappa shape index (κ1) is 16.7. The number of urea groups is 1. The van der Waals surface area contributed by atoms with Crippen LogP contribution in [0.2, 0.25) is 10.0 Å². The SMILES string of the molecule is CC1(c2cccc(Cl)c2)NC(=O)N(Cc2ccc(F)cc2Cl)C1=O. The molecule has 1 aliphatic rings. The maximum atomic E-state index is 13.1. The van der Waals surface area contributed by atoms with E-state index < -0.39 is 23.3 Å². The van der Waals surface area contributed by atoms with Crippen molar-refractivity contribution < 1.29 is 14.0 Å². The Labute approximate surface area is 148 Å². The fourth-order valence-corrected chi connectivity index (χ4v) is 3.07. The van der Waals surface area contributed by atoms with Crippen molar-refractivity contribution in [3.63, 3.8) is 0 Å². The van der Waals surface area contributed by atoms with Gasteiger partial charge in [0.2, 0.25) is 0 Å². The lowest BCUT2D eigenvalue weighted by molar-refractivity contribution is -0.131. The minimum absolute atomic E-state index is 0.0417. The maximum Gasteiger partial charge on any atom is 0.325 e. The molecule has 0 radical (unpaired) electrons. The zero-order valence-corrected chi connectivity index (χ0v) is 14.2. The molecule has 0 aliphatic carbocycles. The van der Waals surface area contributed by atoms with Crippen LogP contribution in [0.25, 0.3) is 0 Å². The van der Waals surface area contributed by atoms with Gasteiger partial charge in [-0.05, 0) is 42.3 Å². The highest BCUT2D eigenvalue weighted by molar-refractivity contribution is 6.31. The van der Waals surface area contributed by atoms with Gasteiger partial charge in [-0.15, -0.1) is 0 Å². The van der Waals surface area contributed by atoms with E-state index in [0.29, 0.717) is 16.1 Å². The van der Waals surface area contributed by atoms with E-state index >= 15 is 0 Å². The third kappa shape index (κ3) is 2.85. The fourth-order valence-electron chi connectivity index (χ4n) is 2.66. The highest BCUT2D eigenvalue weighted by Crippen LogP contribution is 2.32. The van der Waals surface area contributed by atoms with Gasteiger partial charge in [-0.3, -0.25) is 9.69 Å². The maximum absolute atomic E-state index is 13.1. The van der Waals surface area contributed by atoms with Crippen LogP contribution in [0, 0.1) is 5.82 Å². The lowest BCUT2D eigenvalue weighted by atomic mass is 9.92. The minimum atomic E-state index is -1.21. The molecule has 0 bridgehead atoms. The Morgan fingerprint density at radius 3 is 2.58 bits per heavy atom. The summed E-state index contributed by atoms with van der Waals surface area (Å²) >= 11 is 12.0. The number of hydrogen-bond acceptors (Lipinski definition) is 2. The van der Waals surface area contributed by atoms with Gasteiger partial charge < -0.3 is 5.32 Å². The monoisotopic (exact) mass is 366 g/mol. The Morgan fingerprint density at radius 2 is 1.92 bits per heavy atom. The number of nitrogens with one attached hydrogen (secondary N) is 1. The van der Waals surface area contributed by atoms with Crippen LogP contribution in [0.3, 0.4) is 0 Å². The van der Waals surface area contributed by atoms with Gasteiger partial charge in [0, 0.05) is 10.0 Å². The van der Waals surface area contributed by atoms with Crippen LogP contribution in [0.1, 0.15) is 18.1 Å². The van der Waals surface area contributed by atoms with Crippen molar-refractivity contribution in [2.75, 3.05) is 0 Å². The van der Waals surface area contributed by atoms with E-state index in [1.165, 1.54) is 12.1 Å². The molecule has 4 nitrogen and oxygen atoms in total. The smallest absolute Gasteiger partial charge is 0.319 e. The number of nitrogens with zero attached hydrogens (tertiary/aromatic N) is 1. The van der Waals surface area contributed by atoms with Gasteiger partial charge in [0.05, 0.1) is 6.54 Å². The molecular formula is C17H13Cl2FN2O2. The van der Waals surface area contributed by atoms with E-state index in [-0.39, 0.29) is 11.6 Å². The second kappa shape index (κ2) is 6.07. The number of rotatable bonds is 3. The first-order chi connectivity index (χ1) is 11.3. The number of benzene rings is 2. The van der Waals surface area contributed by atoms with Gasteiger partial charge in [0.15, 0.2) is 0 Å². The summed E-state index contributed by atoms with van der Waals surface area (Å²) in [5.41, 5.74) is -0.146. The van der Waals surface area contributed by atoms with E-state index in [0.717, 1.165) is 11.0 Å². The number of amides is 3. The summed E-state index contributed by atoms with van der Waals surface area (Å²) in [6, 6.07) is 10.0. The van der Waals surface area contributed by atoms with Crippen LogP contribution in [0.15, 0.2) is 42.5 Å². The lowest BCUT2D eigenvalue weighted by Gasteiger charge is -2.22. The number of halogens is 3. The zero-order chi connectivity index (χ0) is 17.5. The van der Waals surface area contributed by atoms with Crippen LogP contribution in [0.5, 0.6) is 0 Å². The van der Waals surface area contributed by atoms with E-state index in [1.54, 1.807) is 31.2 Å². The molecule has 7 heteroatoms. The summed E-state index contributed by atoms with van der Waals surface area (Å²) in [6.45, 7) is 1.57. The summed E-state index contributed by atoms with van der Waals surface area (Å²) in [6.07, 6.45) is 0.